The van der Waals surface area contributed by atoms with Crippen molar-refractivity contribution >= 4 is 79.2 Å². The number of Topliss-reactive ketones (excluding diaryl/α,β-unsaturated/α-hetero) is 2. The van der Waals surface area contributed by atoms with Gasteiger partial charge in [0.05, 0.1) is 66.1 Å². The highest BCUT2D eigenvalue weighted by atomic mass is 31.2. The lowest BCUT2D eigenvalue weighted by molar-refractivity contribution is -0.158. The van der Waals surface area contributed by atoms with Crippen LogP contribution in [0.3, 0.4) is 0 Å². The van der Waals surface area contributed by atoms with E-state index in [1.54, 1.807) is 37.9 Å². The van der Waals surface area contributed by atoms with Gasteiger partial charge in [0, 0.05) is 119 Å². The second-order valence-corrected chi connectivity index (χ2v) is 27.8. The normalized spacial score (nSPS) is 24.9. The largest absolute Gasteiger partial charge is 0.507 e. The smallest absolute Gasteiger partial charge is 0.381 e. The van der Waals surface area contributed by atoms with Crippen LogP contribution in [0, 0.1) is 36.5 Å². The van der Waals surface area contributed by atoms with Gasteiger partial charge >= 0.3 is 44.0 Å². The number of benzene rings is 2. The number of aromatic nitrogens is 1. The van der Waals surface area contributed by atoms with E-state index in [0.717, 1.165) is 0 Å². The van der Waals surface area contributed by atoms with Crippen molar-refractivity contribution in [3.05, 3.63) is 82.9 Å². The molecular weight excluding hydrogens is 1260 g/mol. The van der Waals surface area contributed by atoms with Crippen LogP contribution < -0.4 is 15.4 Å². The van der Waals surface area contributed by atoms with Crippen molar-refractivity contribution in [2.24, 2.45) is 34.7 Å². The van der Waals surface area contributed by atoms with Crippen molar-refractivity contribution < 1.29 is 111 Å². The first-order chi connectivity index (χ1) is 43.5. The van der Waals surface area contributed by atoms with Gasteiger partial charge in [-0.15, -0.1) is 0 Å². The minimum absolute atomic E-state index is 0.00391. The molecule has 0 aliphatic carbocycles. The highest BCUT2D eigenvalue weighted by molar-refractivity contribution is 7.72. The lowest BCUT2D eigenvalue weighted by Crippen LogP contribution is -2.45. The summed E-state index contributed by atoms with van der Waals surface area (Å²) in [6.07, 6.45) is 3.99. The molecule has 0 radical (unpaired) electrons. The summed E-state index contributed by atoms with van der Waals surface area (Å²) >= 11 is 0. The first-order valence-electron chi connectivity index (χ1n) is 30.3. The van der Waals surface area contributed by atoms with Crippen LogP contribution in [0.5, 0.6) is 23.0 Å². The predicted octanol–water partition coefficient (Wildman–Crippen LogP) is 5.09. The average molecular weight is 1340 g/mol. The second-order valence-electron chi connectivity index (χ2n) is 23.8. The van der Waals surface area contributed by atoms with Crippen molar-refractivity contribution in [2.75, 3.05) is 51.2 Å². The number of allylic oxidation sites excluding steroid dienone is 3. The molecule has 4 aliphatic heterocycles. The number of hydrogen-bond donors (Lipinski definition) is 11. The number of pyridine rings is 1. The number of carbonyl (C=O) groups excluding carboxylic acids is 7. The molecular formula is C62H84N6O23P2. The van der Waals surface area contributed by atoms with Gasteiger partial charge in [0.1, 0.15) is 35.7 Å². The molecule has 0 spiro atoms. The summed E-state index contributed by atoms with van der Waals surface area (Å²) in [6, 6.07) is 4.05. The van der Waals surface area contributed by atoms with E-state index in [0.29, 0.717) is 32.7 Å². The van der Waals surface area contributed by atoms with E-state index in [-0.39, 0.29) is 94.8 Å². The van der Waals surface area contributed by atoms with E-state index < -0.39 is 146 Å². The van der Waals surface area contributed by atoms with Crippen LogP contribution in [0.15, 0.2) is 65.6 Å². The Bertz CT molecular complexity index is 3480. The third-order valence-corrected chi connectivity index (χ3v) is 20.9. The first kappa shape index (κ1) is 74.4. The maximum Gasteiger partial charge on any atom is 0.381 e. The number of nitrogens with zero attached hydrogens (tertiary/aromatic N) is 4. The number of nitrogens with one attached hydrogen (secondary N) is 2. The Morgan fingerprint density at radius 3 is 2.14 bits per heavy atom. The van der Waals surface area contributed by atoms with Crippen LogP contribution in [-0.2, 0) is 63.3 Å². The van der Waals surface area contributed by atoms with Crippen LogP contribution >= 0.6 is 15.2 Å². The molecule has 3 aromatic rings. The molecule has 5 heterocycles. The van der Waals surface area contributed by atoms with Gasteiger partial charge in [0.25, 0.3) is 11.7 Å². The van der Waals surface area contributed by atoms with E-state index >= 15 is 0 Å². The SMILES string of the molecule is CC(=O)O[C@H]1[C@H](C)[C@H](O)[C@H](C)[C@@H](O)[C@@H](C)/C=C/C=C(/C)C(=O)Nc2c(/C=N/N3CCN(CCOC(=O)CCC(=O)CCCNC(=O)CCC(=O)OC(Cc4ccccn4)(P(=O)(O)O)P(=O)(O)O)CC3)c(O)c3c4c(c(C)c(O)c3c2O)O[C@](C)(O/C=C/[C@H](C)[C@H]1C)C4=O. The Labute approximate surface area is 537 Å². The van der Waals surface area contributed by atoms with E-state index in [9.17, 15) is 87.8 Å². The quantitative estimate of drug-likeness (QED) is 0.0126. The van der Waals surface area contributed by atoms with Gasteiger partial charge in [-0.1, -0.05) is 58.9 Å². The van der Waals surface area contributed by atoms with Gasteiger partial charge < -0.3 is 79.4 Å². The molecule has 7 rings (SSSR count). The predicted molar refractivity (Wildman–Crippen MR) is 335 cm³/mol. The number of fused-ring (bicyclic) bond motifs is 14. The third kappa shape index (κ3) is 18.0. The van der Waals surface area contributed by atoms with Crippen molar-refractivity contribution in [1.82, 2.24) is 20.2 Å². The van der Waals surface area contributed by atoms with E-state index in [4.69, 9.17) is 23.7 Å². The Morgan fingerprint density at radius 1 is 0.839 bits per heavy atom. The van der Waals surface area contributed by atoms with Gasteiger partial charge in [-0.3, -0.25) is 57.6 Å². The molecule has 29 nitrogen and oxygen atoms in total. The Balaban J connectivity index is 1.07. The number of rotatable bonds is 21. The van der Waals surface area contributed by atoms with E-state index in [1.807, 2.05) is 18.7 Å². The molecule has 0 unspecified atom stereocenters. The van der Waals surface area contributed by atoms with E-state index in [1.165, 1.54) is 76.7 Å². The molecule has 11 N–H and O–H groups in total. The van der Waals surface area contributed by atoms with Crippen molar-refractivity contribution in [2.45, 2.75) is 136 Å². The maximum atomic E-state index is 14.6. The van der Waals surface area contributed by atoms with Crippen molar-refractivity contribution in [3.63, 3.8) is 0 Å². The molecule has 510 valence electrons. The molecule has 4 aliphatic rings. The molecule has 2 aromatic carbocycles. The van der Waals surface area contributed by atoms with Gasteiger partial charge in [-0.25, -0.2) is 0 Å². The lowest BCUT2D eigenvalue weighted by Gasteiger charge is -2.37. The van der Waals surface area contributed by atoms with Crippen LogP contribution in [0.4, 0.5) is 5.69 Å². The number of amides is 2. The number of aromatic hydroxyl groups is 3. The topological polar surface area (TPSA) is 438 Å². The van der Waals surface area contributed by atoms with Gasteiger partial charge in [0.15, 0.2) is 5.75 Å². The molecule has 5 bridgehead atoms. The number of ketones is 2. The zero-order chi connectivity index (χ0) is 69.1. The fraction of sp³-hybridized carbons (Fsp3) is 0.532. The standard InChI is InChI=1S/C62H84N6O23P2/c1-34-22-30-88-61(9)59(79)50-48-49(54(76)40(7)58(50)91-61)56(78)51(66-60(80)36(3)15-12-14-35(2)52(74)38(5)53(75)39(6)57(37(34)4)89-41(8)69)44(55(48)77)33-65-68-27-25-67(26-28-68)29-31-87-46(72)20-18-43(70)17-13-24-64-45(71)19-21-47(73)90-62(92(81,82)83,93(84,85)86)32-42-16-10-11-23-63-42/h10-12,14-16,22-23,30,33-35,37-39,52-53,57,74-78H,13,17-21,24-29,31-32H2,1-9H3,(H,64,71)(H,66,80)(H2,81,82,83)(H2,84,85,86)/b14-12+,30-22+,36-15-,65-33+/t34-,35-,37+,38+,39+,52-,53+,57+,61-/m0/s1. The first-order valence-corrected chi connectivity index (χ1v) is 33.5. The number of phenols is 3. The molecule has 9 atom stereocenters. The van der Waals surface area contributed by atoms with Crippen LogP contribution in [-0.4, -0.2) is 183 Å². The molecule has 93 heavy (non-hydrogen) atoms. The highest BCUT2D eigenvalue weighted by Crippen LogP contribution is 2.71. The summed E-state index contributed by atoms with van der Waals surface area (Å²) in [5, 5.41) is 66.3. The summed E-state index contributed by atoms with van der Waals surface area (Å²) in [5.74, 6) is -12.4. The minimum atomic E-state index is -5.86. The molecule has 0 saturated carbocycles. The number of piperazine rings is 1. The van der Waals surface area contributed by atoms with Gasteiger partial charge in [-0.2, -0.15) is 5.10 Å². The number of aliphatic hydroxyl groups is 2. The fourth-order valence-electron chi connectivity index (χ4n) is 11.0. The average Bonchev–Trinajstić information content (AvgIpc) is 1.66. The molecule has 31 heteroatoms. The van der Waals surface area contributed by atoms with E-state index in [2.05, 4.69) is 20.7 Å². The van der Waals surface area contributed by atoms with Crippen LogP contribution in [0.25, 0.3) is 10.8 Å². The summed E-state index contributed by atoms with van der Waals surface area (Å²) in [6.45, 7) is 15.9. The summed E-state index contributed by atoms with van der Waals surface area (Å²) in [5.41, 5.74) is -0.980. The number of aliphatic hydroxyl groups excluding tert-OH is 2. The zero-order valence-electron chi connectivity index (χ0n) is 53.2. The monoisotopic (exact) mass is 1340 g/mol. The number of hydrazone groups is 1. The fourth-order valence-corrected chi connectivity index (χ4v) is 13.5. The van der Waals surface area contributed by atoms with Gasteiger partial charge in [-0.05, 0) is 50.3 Å². The summed E-state index contributed by atoms with van der Waals surface area (Å²) in [7, 11) is -11.7. The number of ether oxygens (including phenoxy) is 5. The molecule has 1 saturated heterocycles. The summed E-state index contributed by atoms with van der Waals surface area (Å²) < 4.78 is 52.9. The zero-order valence-corrected chi connectivity index (χ0v) is 55.0. The number of hydrogen-bond acceptors (Lipinski definition) is 23. The Kier molecular flexibility index (Phi) is 25.3. The third-order valence-electron chi connectivity index (χ3n) is 17.0. The second kappa shape index (κ2) is 31.6. The Hall–Kier alpha value is -7.59. The number of phenolic OH excluding ortho intramolecular Hbond substituents is 3. The number of carbonyl (C=O) groups is 7. The lowest BCUT2D eigenvalue weighted by atomic mass is 9.77. The van der Waals surface area contributed by atoms with Gasteiger partial charge in [0.2, 0.25) is 5.91 Å². The Morgan fingerprint density at radius 2 is 1.51 bits per heavy atom. The maximum absolute atomic E-state index is 14.6. The highest BCUT2D eigenvalue weighted by Gasteiger charge is 2.64. The number of esters is 3. The summed E-state index contributed by atoms with van der Waals surface area (Å²) in [4.78, 5) is 137. The molecule has 2 amide bonds. The molecule has 1 fully saturated rings. The van der Waals surface area contributed by atoms with Crippen LogP contribution in [0.1, 0.15) is 121 Å². The van der Waals surface area contributed by atoms with Crippen molar-refractivity contribution in [1.29, 1.82) is 0 Å². The minimum Gasteiger partial charge on any atom is -0.507 e. The van der Waals surface area contributed by atoms with Crippen LogP contribution in [0.2, 0.25) is 0 Å². The molecule has 1 aromatic heterocycles. The number of anilines is 1. The van der Waals surface area contributed by atoms with Crippen molar-refractivity contribution in [3.8, 4) is 23.0 Å².